The van der Waals surface area contributed by atoms with Gasteiger partial charge < -0.3 is 15.2 Å². The van der Waals surface area contributed by atoms with Gasteiger partial charge in [0.2, 0.25) is 5.91 Å². The molecule has 20 heavy (non-hydrogen) atoms. The lowest BCUT2D eigenvalue weighted by atomic mass is 9.76. The summed E-state index contributed by atoms with van der Waals surface area (Å²) in [6.45, 7) is 1.85. The molecular formula is C15H19NO4. The monoisotopic (exact) mass is 277 g/mol. The summed E-state index contributed by atoms with van der Waals surface area (Å²) in [6.07, 6.45) is 0.541. The van der Waals surface area contributed by atoms with Crippen molar-refractivity contribution in [1.29, 1.82) is 0 Å². The molecule has 2 unspecified atom stereocenters. The maximum absolute atomic E-state index is 12.3. The summed E-state index contributed by atoms with van der Waals surface area (Å²) in [6, 6.07) is 7.80. The van der Waals surface area contributed by atoms with E-state index in [-0.39, 0.29) is 24.9 Å². The second kappa shape index (κ2) is 5.63. The lowest BCUT2D eigenvalue weighted by molar-refractivity contribution is -0.139. The molecule has 2 rings (SSSR count). The van der Waals surface area contributed by atoms with E-state index in [9.17, 15) is 9.59 Å². The summed E-state index contributed by atoms with van der Waals surface area (Å²) < 4.78 is 5.03. The predicted molar refractivity (Wildman–Crippen MR) is 73.6 cm³/mol. The van der Waals surface area contributed by atoms with Crippen LogP contribution in [0.1, 0.15) is 30.4 Å². The highest BCUT2D eigenvalue weighted by Crippen LogP contribution is 2.35. The second-order valence-corrected chi connectivity index (χ2v) is 5.51. The number of hydrogen-bond donors (Lipinski definition) is 2. The van der Waals surface area contributed by atoms with Gasteiger partial charge in [-0.3, -0.25) is 9.59 Å². The highest BCUT2D eigenvalue weighted by molar-refractivity contribution is 5.87. The summed E-state index contributed by atoms with van der Waals surface area (Å²) >= 11 is 0. The average molecular weight is 277 g/mol. The Labute approximate surface area is 117 Å². The van der Waals surface area contributed by atoms with Gasteiger partial charge in [0.15, 0.2) is 0 Å². The summed E-state index contributed by atoms with van der Waals surface area (Å²) in [5, 5.41) is 11.8. The molecular weight excluding hydrogens is 258 g/mol. The van der Waals surface area contributed by atoms with Crippen LogP contribution in [-0.2, 0) is 20.7 Å². The first kappa shape index (κ1) is 14.5. The third-order valence-corrected chi connectivity index (χ3v) is 3.60. The highest BCUT2D eigenvalue weighted by Gasteiger charge is 2.36. The van der Waals surface area contributed by atoms with Crippen molar-refractivity contribution in [2.75, 3.05) is 13.7 Å². The van der Waals surface area contributed by atoms with Gasteiger partial charge >= 0.3 is 5.97 Å². The van der Waals surface area contributed by atoms with Crippen LogP contribution in [0.2, 0.25) is 0 Å². The summed E-state index contributed by atoms with van der Waals surface area (Å²) in [4.78, 5) is 23.2. The number of hydrogen-bond acceptors (Lipinski definition) is 3. The van der Waals surface area contributed by atoms with E-state index in [1.54, 1.807) is 6.92 Å². The van der Waals surface area contributed by atoms with Gasteiger partial charge in [-0.25, -0.2) is 0 Å². The average Bonchev–Trinajstić information content (AvgIpc) is 2.29. The van der Waals surface area contributed by atoms with Crippen LogP contribution in [0.25, 0.3) is 0 Å². The zero-order valence-electron chi connectivity index (χ0n) is 11.7. The molecule has 0 bridgehead atoms. The first-order chi connectivity index (χ1) is 9.45. The van der Waals surface area contributed by atoms with Gasteiger partial charge in [-0.2, -0.15) is 0 Å². The van der Waals surface area contributed by atoms with Gasteiger partial charge in [0.25, 0.3) is 0 Å². The molecule has 5 nitrogen and oxygen atoms in total. The standard InChI is InChI=1S/C15H19NO4/c1-15(9-20-2,8-13(17)18)16-14(19)12-7-10-5-3-4-6-11(10)12/h3-6,12H,7-9H2,1-2H3,(H,16,19)(H,17,18). The Hall–Kier alpha value is -1.88. The van der Waals surface area contributed by atoms with Crippen LogP contribution in [0.15, 0.2) is 24.3 Å². The molecule has 1 amide bonds. The molecule has 1 aliphatic rings. The molecule has 0 aliphatic heterocycles. The number of carbonyl (C=O) groups excluding carboxylic acids is 1. The summed E-state index contributed by atoms with van der Waals surface area (Å²) in [5.41, 5.74) is 1.32. The third-order valence-electron chi connectivity index (χ3n) is 3.60. The Kier molecular flexibility index (Phi) is 4.09. The van der Waals surface area contributed by atoms with E-state index < -0.39 is 11.5 Å². The van der Waals surface area contributed by atoms with Gasteiger partial charge in [-0.15, -0.1) is 0 Å². The van der Waals surface area contributed by atoms with Crippen molar-refractivity contribution in [1.82, 2.24) is 5.32 Å². The van der Waals surface area contributed by atoms with E-state index in [0.717, 1.165) is 5.56 Å². The Morgan fingerprint density at radius 3 is 2.75 bits per heavy atom. The van der Waals surface area contributed by atoms with Crippen LogP contribution >= 0.6 is 0 Å². The number of carbonyl (C=O) groups is 2. The van der Waals surface area contributed by atoms with E-state index in [1.807, 2.05) is 24.3 Å². The number of nitrogens with one attached hydrogen (secondary N) is 1. The minimum absolute atomic E-state index is 0.135. The summed E-state index contributed by atoms with van der Waals surface area (Å²) in [5.74, 6) is -1.28. The van der Waals surface area contributed by atoms with E-state index >= 15 is 0 Å². The Balaban J connectivity index is 2.05. The van der Waals surface area contributed by atoms with Crippen LogP contribution in [0, 0.1) is 0 Å². The van der Waals surface area contributed by atoms with Crippen molar-refractivity contribution in [2.24, 2.45) is 0 Å². The molecule has 0 saturated heterocycles. The maximum Gasteiger partial charge on any atom is 0.305 e. The van der Waals surface area contributed by atoms with Crippen LogP contribution in [-0.4, -0.2) is 36.2 Å². The first-order valence-corrected chi connectivity index (χ1v) is 6.56. The molecule has 0 heterocycles. The fourth-order valence-corrected chi connectivity index (χ4v) is 2.66. The van der Waals surface area contributed by atoms with Gasteiger partial charge in [0.1, 0.15) is 0 Å². The fraction of sp³-hybridized carbons (Fsp3) is 0.467. The molecule has 0 spiro atoms. The number of rotatable bonds is 6. The van der Waals surface area contributed by atoms with Crippen molar-refractivity contribution in [3.63, 3.8) is 0 Å². The highest BCUT2D eigenvalue weighted by atomic mass is 16.5. The van der Waals surface area contributed by atoms with Crippen molar-refractivity contribution >= 4 is 11.9 Å². The number of ether oxygens (including phenoxy) is 1. The lowest BCUT2D eigenvalue weighted by Crippen LogP contribution is -2.53. The molecule has 0 saturated carbocycles. The fourth-order valence-electron chi connectivity index (χ4n) is 2.66. The number of benzene rings is 1. The Morgan fingerprint density at radius 2 is 2.15 bits per heavy atom. The number of methoxy groups -OCH3 is 1. The molecule has 0 fully saturated rings. The largest absolute Gasteiger partial charge is 0.481 e. The second-order valence-electron chi connectivity index (χ2n) is 5.51. The minimum atomic E-state index is -0.959. The zero-order chi connectivity index (χ0) is 14.8. The van der Waals surface area contributed by atoms with Crippen molar-refractivity contribution in [2.45, 2.75) is 31.2 Å². The van der Waals surface area contributed by atoms with E-state index in [0.29, 0.717) is 6.42 Å². The molecule has 1 aromatic carbocycles. The Bertz CT molecular complexity index is 528. The maximum atomic E-state index is 12.3. The van der Waals surface area contributed by atoms with Gasteiger partial charge in [-0.05, 0) is 24.5 Å². The molecule has 1 aliphatic carbocycles. The summed E-state index contributed by atoms with van der Waals surface area (Å²) in [7, 11) is 1.49. The number of carboxylic acids is 1. The van der Waals surface area contributed by atoms with Crippen LogP contribution < -0.4 is 5.32 Å². The smallest absolute Gasteiger partial charge is 0.305 e. The quantitative estimate of drug-likeness (QED) is 0.822. The van der Waals surface area contributed by atoms with E-state index in [4.69, 9.17) is 9.84 Å². The third kappa shape index (κ3) is 2.99. The van der Waals surface area contributed by atoms with Crippen molar-refractivity contribution in [3.8, 4) is 0 Å². The van der Waals surface area contributed by atoms with Gasteiger partial charge in [-0.1, -0.05) is 24.3 Å². The molecule has 108 valence electrons. The number of amides is 1. The molecule has 1 aromatic rings. The predicted octanol–water partition coefficient (Wildman–Crippen LogP) is 1.32. The molecule has 2 N–H and O–H groups in total. The zero-order valence-corrected chi connectivity index (χ0v) is 11.7. The topological polar surface area (TPSA) is 75.6 Å². The van der Waals surface area contributed by atoms with Gasteiger partial charge in [0.05, 0.1) is 24.5 Å². The lowest BCUT2D eigenvalue weighted by Gasteiger charge is -2.34. The SMILES string of the molecule is COCC(C)(CC(=O)O)NC(=O)C1Cc2ccccc21. The molecule has 5 heteroatoms. The van der Waals surface area contributed by atoms with E-state index in [2.05, 4.69) is 5.32 Å². The van der Waals surface area contributed by atoms with Crippen molar-refractivity contribution in [3.05, 3.63) is 35.4 Å². The van der Waals surface area contributed by atoms with Gasteiger partial charge in [0, 0.05) is 7.11 Å². The molecule has 2 atom stereocenters. The molecule has 0 radical (unpaired) electrons. The number of aliphatic carboxylic acids is 1. The Morgan fingerprint density at radius 1 is 1.45 bits per heavy atom. The number of fused-ring (bicyclic) bond motifs is 1. The minimum Gasteiger partial charge on any atom is -0.481 e. The van der Waals surface area contributed by atoms with Crippen LogP contribution in [0.3, 0.4) is 0 Å². The van der Waals surface area contributed by atoms with Crippen LogP contribution in [0.5, 0.6) is 0 Å². The first-order valence-electron chi connectivity index (χ1n) is 6.56. The van der Waals surface area contributed by atoms with E-state index in [1.165, 1.54) is 12.7 Å². The van der Waals surface area contributed by atoms with Crippen molar-refractivity contribution < 1.29 is 19.4 Å². The van der Waals surface area contributed by atoms with Crippen LogP contribution in [0.4, 0.5) is 0 Å². The molecule has 0 aromatic heterocycles. The normalized spacial score (nSPS) is 19.4. The number of carboxylic acid groups (broad SMARTS) is 1.